The molecule has 2 nitrogen and oxygen atoms in total. The Morgan fingerprint density at radius 1 is 1.06 bits per heavy atom. The standard InChI is InChI=1S/C13H30O2Si/c1-8-13(5,9-2)11-16(14-6,15-7)10-12(3)4/h12H,8-11H2,1-7H3. The Morgan fingerprint density at radius 3 is 1.75 bits per heavy atom. The Bertz CT molecular complexity index is 184. The van der Waals surface area contributed by atoms with Crippen LogP contribution < -0.4 is 0 Å². The van der Waals surface area contributed by atoms with Crippen molar-refractivity contribution in [3.05, 3.63) is 0 Å². The topological polar surface area (TPSA) is 18.5 Å². The molecular formula is C13H30O2Si. The smallest absolute Gasteiger partial charge is 0.338 e. The van der Waals surface area contributed by atoms with Crippen molar-refractivity contribution in [2.45, 2.75) is 59.5 Å². The molecule has 0 amide bonds. The van der Waals surface area contributed by atoms with E-state index < -0.39 is 8.56 Å². The van der Waals surface area contributed by atoms with E-state index in [2.05, 4.69) is 34.6 Å². The molecule has 0 bridgehead atoms. The maximum absolute atomic E-state index is 5.81. The molecule has 0 saturated heterocycles. The van der Waals surface area contributed by atoms with Crippen LogP contribution in [0.4, 0.5) is 0 Å². The van der Waals surface area contributed by atoms with E-state index in [0.29, 0.717) is 11.3 Å². The SMILES string of the molecule is CCC(C)(CC)C[Si](CC(C)C)(OC)OC. The highest BCUT2D eigenvalue weighted by molar-refractivity contribution is 6.67. The van der Waals surface area contributed by atoms with Crippen LogP contribution >= 0.6 is 0 Å². The van der Waals surface area contributed by atoms with E-state index in [1.54, 1.807) is 0 Å². The van der Waals surface area contributed by atoms with Crippen LogP contribution in [0.3, 0.4) is 0 Å². The lowest BCUT2D eigenvalue weighted by molar-refractivity contribution is 0.204. The van der Waals surface area contributed by atoms with E-state index >= 15 is 0 Å². The van der Waals surface area contributed by atoms with Gasteiger partial charge in [0.25, 0.3) is 0 Å². The van der Waals surface area contributed by atoms with Crippen LogP contribution in [-0.4, -0.2) is 22.8 Å². The Labute approximate surface area is 103 Å². The molecule has 0 aromatic rings. The van der Waals surface area contributed by atoms with Crippen molar-refractivity contribution in [1.29, 1.82) is 0 Å². The van der Waals surface area contributed by atoms with Gasteiger partial charge in [0.15, 0.2) is 0 Å². The second-order valence-corrected chi connectivity index (χ2v) is 9.01. The van der Waals surface area contributed by atoms with E-state index in [1.807, 2.05) is 14.2 Å². The summed E-state index contributed by atoms with van der Waals surface area (Å²) >= 11 is 0. The highest BCUT2D eigenvalue weighted by atomic mass is 28.4. The van der Waals surface area contributed by atoms with Gasteiger partial charge in [-0.15, -0.1) is 0 Å². The summed E-state index contributed by atoms with van der Waals surface area (Å²) in [6, 6.07) is 2.20. The van der Waals surface area contributed by atoms with Gasteiger partial charge in [0.1, 0.15) is 0 Å². The van der Waals surface area contributed by atoms with E-state index in [9.17, 15) is 0 Å². The first-order chi connectivity index (χ1) is 7.37. The molecule has 0 aliphatic rings. The second-order valence-electron chi connectivity index (χ2n) is 5.61. The van der Waals surface area contributed by atoms with Crippen LogP contribution in [0, 0.1) is 11.3 Å². The third-order valence-electron chi connectivity index (χ3n) is 3.87. The molecule has 3 heteroatoms. The third kappa shape index (κ3) is 4.56. The van der Waals surface area contributed by atoms with Gasteiger partial charge in [0, 0.05) is 14.2 Å². The zero-order valence-corrected chi connectivity index (χ0v) is 13.2. The fraction of sp³-hybridized carbons (Fsp3) is 1.00. The summed E-state index contributed by atoms with van der Waals surface area (Å²) in [6.07, 6.45) is 2.39. The third-order valence-corrected chi connectivity index (χ3v) is 8.19. The molecule has 0 fully saturated rings. The van der Waals surface area contributed by atoms with Crippen LogP contribution in [0.5, 0.6) is 0 Å². The van der Waals surface area contributed by atoms with Gasteiger partial charge < -0.3 is 8.85 Å². The maximum Gasteiger partial charge on any atom is 0.338 e. The first kappa shape index (κ1) is 16.1. The molecule has 0 atom stereocenters. The molecule has 0 aliphatic carbocycles. The first-order valence-corrected chi connectivity index (χ1v) is 8.70. The molecule has 0 rings (SSSR count). The largest absolute Gasteiger partial charge is 0.398 e. The Balaban J connectivity index is 4.77. The van der Waals surface area contributed by atoms with Gasteiger partial charge in [-0.25, -0.2) is 0 Å². The average molecular weight is 246 g/mol. The average Bonchev–Trinajstić information content (AvgIpc) is 2.27. The Hall–Kier alpha value is 0.137. The van der Waals surface area contributed by atoms with Gasteiger partial charge >= 0.3 is 8.56 Å². The molecule has 0 N–H and O–H groups in total. The predicted octanol–water partition coefficient (Wildman–Crippen LogP) is 4.20. The molecule has 0 aliphatic heterocycles. The zero-order valence-electron chi connectivity index (χ0n) is 12.2. The van der Waals surface area contributed by atoms with E-state index in [1.165, 1.54) is 12.8 Å². The van der Waals surface area contributed by atoms with Crippen molar-refractivity contribution < 1.29 is 8.85 Å². The van der Waals surface area contributed by atoms with Crippen LogP contribution in [0.15, 0.2) is 0 Å². The van der Waals surface area contributed by atoms with Crippen LogP contribution in [0.2, 0.25) is 12.1 Å². The highest BCUT2D eigenvalue weighted by Gasteiger charge is 2.42. The van der Waals surface area contributed by atoms with Gasteiger partial charge in [-0.1, -0.05) is 47.5 Å². The van der Waals surface area contributed by atoms with Crippen molar-refractivity contribution >= 4 is 8.56 Å². The summed E-state index contributed by atoms with van der Waals surface area (Å²) < 4.78 is 11.6. The van der Waals surface area contributed by atoms with Gasteiger partial charge in [0.2, 0.25) is 0 Å². The predicted molar refractivity (Wildman–Crippen MR) is 72.9 cm³/mol. The van der Waals surface area contributed by atoms with Gasteiger partial charge in [0.05, 0.1) is 0 Å². The fourth-order valence-corrected chi connectivity index (χ4v) is 6.22. The molecule has 0 unspecified atom stereocenters. The van der Waals surface area contributed by atoms with Crippen molar-refractivity contribution in [1.82, 2.24) is 0 Å². The van der Waals surface area contributed by atoms with E-state index in [4.69, 9.17) is 8.85 Å². The van der Waals surface area contributed by atoms with Gasteiger partial charge in [-0.3, -0.25) is 0 Å². The molecule has 98 valence electrons. The second kappa shape index (κ2) is 6.77. The minimum absolute atomic E-state index is 0.368. The quantitative estimate of drug-likeness (QED) is 0.598. The molecule has 0 heterocycles. The molecule has 0 aromatic heterocycles. The molecule has 0 spiro atoms. The van der Waals surface area contributed by atoms with Crippen LogP contribution in [-0.2, 0) is 8.85 Å². The van der Waals surface area contributed by atoms with Crippen molar-refractivity contribution in [2.75, 3.05) is 14.2 Å². The summed E-state index contributed by atoms with van der Waals surface area (Å²) in [4.78, 5) is 0. The molecule has 16 heavy (non-hydrogen) atoms. The van der Waals surface area contributed by atoms with Gasteiger partial charge in [-0.2, -0.15) is 0 Å². The minimum Gasteiger partial charge on any atom is -0.398 e. The summed E-state index contributed by atoms with van der Waals surface area (Å²) in [5.41, 5.74) is 0.368. The summed E-state index contributed by atoms with van der Waals surface area (Å²) in [7, 11) is 1.66. The lowest BCUT2D eigenvalue weighted by Crippen LogP contribution is -2.45. The van der Waals surface area contributed by atoms with E-state index in [0.717, 1.165) is 12.1 Å². The molecule has 0 saturated carbocycles. The maximum atomic E-state index is 5.81. The number of hydrogen-bond acceptors (Lipinski definition) is 2. The lowest BCUT2D eigenvalue weighted by atomic mass is 9.87. The molecular weight excluding hydrogens is 216 g/mol. The molecule has 0 aromatic carbocycles. The summed E-state index contributed by atoms with van der Waals surface area (Å²) in [5, 5.41) is 0. The highest BCUT2D eigenvalue weighted by Crippen LogP contribution is 2.38. The van der Waals surface area contributed by atoms with Crippen LogP contribution in [0.25, 0.3) is 0 Å². The number of hydrogen-bond donors (Lipinski definition) is 0. The number of rotatable bonds is 8. The van der Waals surface area contributed by atoms with Crippen molar-refractivity contribution in [3.63, 3.8) is 0 Å². The van der Waals surface area contributed by atoms with Gasteiger partial charge in [-0.05, 0) is 23.4 Å². The minimum atomic E-state index is -1.98. The fourth-order valence-electron chi connectivity index (χ4n) is 2.24. The summed E-state index contributed by atoms with van der Waals surface area (Å²) in [5.74, 6) is 0.643. The lowest BCUT2D eigenvalue weighted by Gasteiger charge is -2.37. The normalized spacial score (nSPS) is 13.5. The Kier molecular flexibility index (Phi) is 6.83. The van der Waals surface area contributed by atoms with E-state index in [-0.39, 0.29) is 0 Å². The molecule has 0 radical (unpaired) electrons. The van der Waals surface area contributed by atoms with Crippen molar-refractivity contribution in [2.24, 2.45) is 11.3 Å². The Morgan fingerprint density at radius 2 is 1.50 bits per heavy atom. The first-order valence-electron chi connectivity index (χ1n) is 6.47. The summed E-state index contributed by atoms with van der Waals surface area (Å²) in [6.45, 7) is 11.4. The monoisotopic (exact) mass is 246 g/mol. The van der Waals surface area contributed by atoms with Crippen molar-refractivity contribution in [3.8, 4) is 0 Å². The van der Waals surface area contributed by atoms with Crippen LogP contribution in [0.1, 0.15) is 47.5 Å². The zero-order chi connectivity index (χ0) is 12.8.